The summed E-state index contributed by atoms with van der Waals surface area (Å²) in [5.41, 5.74) is 0.855. The summed E-state index contributed by atoms with van der Waals surface area (Å²) in [7, 11) is 2.98. The molecule has 8 nitrogen and oxygen atoms in total. The number of hydrogen-bond acceptors (Lipinski definition) is 7. The van der Waals surface area contributed by atoms with Crippen molar-refractivity contribution in [3.63, 3.8) is 0 Å². The molecule has 0 aliphatic carbocycles. The molecule has 0 radical (unpaired) electrons. The molecule has 0 aromatic heterocycles. The molecule has 0 aliphatic heterocycles. The standard InChI is InChI=1S/C19H21NO7/c1-24-15-6-4-14(5-7-15)20-18(22)12-27-16-8-3-13(11-17(16)25-2)19(23)26-10-9-21/h3-8,11,21H,9-10,12H2,1-2H3,(H,20,22). The smallest absolute Gasteiger partial charge is 0.338 e. The molecule has 0 saturated heterocycles. The first-order valence-corrected chi connectivity index (χ1v) is 8.10. The number of aliphatic hydroxyl groups is 1. The van der Waals surface area contributed by atoms with Crippen LogP contribution in [0.5, 0.6) is 17.2 Å². The largest absolute Gasteiger partial charge is 0.497 e. The van der Waals surface area contributed by atoms with E-state index < -0.39 is 5.97 Å². The van der Waals surface area contributed by atoms with Gasteiger partial charge in [0.05, 0.1) is 26.4 Å². The van der Waals surface area contributed by atoms with Gasteiger partial charge in [-0.1, -0.05) is 0 Å². The minimum absolute atomic E-state index is 0.0923. The number of carbonyl (C=O) groups excluding carboxylic acids is 2. The number of benzene rings is 2. The van der Waals surface area contributed by atoms with Crippen molar-refractivity contribution in [1.82, 2.24) is 0 Å². The molecule has 0 fully saturated rings. The van der Waals surface area contributed by atoms with E-state index in [-0.39, 0.29) is 37.0 Å². The summed E-state index contributed by atoms with van der Waals surface area (Å²) in [5, 5.41) is 11.4. The number of rotatable bonds is 9. The first-order chi connectivity index (χ1) is 13.1. The molecule has 0 unspecified atom stereocenters. The lowest BCUT2D eigenvalue weighted by atomic mass is 10.2. The summed E-state index contributed by atoms with van der Waals surface area (Å²) >= 11 is 0. The van der Waals surface area contributed by atoms with E-state index in [0.29, 0.717) is 17.2 Å². The summed E-state index contributed by atoms with van der Waals surface area (Å²) in [6, 6.07) is 11.3. The van der Waals surface area contributed by atoms with E-state index >= 15 is 0 Å². The van der Waals surface area contributed by atoms with Gasteiger partial charge in [-0.05, 0) is 42.5 Å². The molecule has 0 bridgehead atoms. The maximum Gasteiger partial charge on any atom is 0.338 e. The zero-order valence-electron chi connectivity index (χ0n) is 15.1. The quantitative estimate of drug-likeness (QED) is 0.645. The van der Waals surface area contributed by atoms with Gasteiger partial charge in [0, 0.05) is 5.69 Å². The molecule has 0 aliphatic rings. The lowest BCUT2D eigenvalue weighted by Crippen LogP contribution is -2.20. The van der Waals surface area contributed by atoms with E-state index in [1.165, 1.54) is 25.3 Å². The second-order valence-electron chi connectivity index (χ2n) is 5.29. The molecule has 2 rings (SSSR count). The summed E-state index contributed by atoms with van der Waals surface area (Å²) < 4.78 is 20.6. The fourth-order valence-electron chi connectivity index (χ4n) is 2.15. The average Bonchev–Trinajstić information content (AvgIpc) is 2.70. The van der Waals surface area contributed by atoms with Gasteiger partial charge in [-0.3, -0.25) is 4.79 Å². The third kappa shape index (κ3) is 5.89. The number of amides is 1. The van der Waals surface area contributed by atoms with E-state index in [1.54, 1.807) is 31.4 Å². The average molecular weight is 375 g/mol. The van der Waals surface area contributed by atoms with Gasteiger partial charge in [-0.15, -0.1) is 0 Å². The summed E-state index contributed by atoms with van der Waals surface area (Å²) in [6.45, 7) is -0.588. The van der Waals surface area contributed by atoms with E-state index in [4.69, 9.17) is 24.1 Å². The summed E-state index contributed by atoms with van der Waals surface area (Å²) in [5.74, 6) is 0.332. The van der Waals surface area contributed by atoms with Crippen LogP contribution in [-0.2, 0) is 9.53 Å². The van der Waals surface area contributed by atoms with Crippen molar-refractivity contribution in [1.29, 1.82) is 0 Å². The molecule has 2 aromatic rings. The molecule has 0 spiro atoms. The van der Waals surface area contributed by atoms with Crippen LogP contribution in [0.15, 0.2) is 42.5 Å². The highest BCUT2D eigenvalue weighted by molar-refractivity contribution is 5.92. The van der Waals surface area contributed by atoms with Gasteiger partial charge in [0.1, 0.15) is 12.4 Å². The number of anilines is 1. The van der Waals surface area contributed by atoms with E-state index in [9.17, 15) is 9.59 Å². The molecule has 0 atom stereocenters. The molecule has 27 heavy (non-hydrogen) atoms. The van der Waals surface area contributed by atoms with Crippen LogP contribution in [0.25, 0.3) is 0 Å². The lowest BCUT2D eigenvalue weighted by molar-refractivity contribution is -0.118. The highest BCUT2D eigenvalue weighted by atomic mass is 16.5. The minimum atomic E-state index is -0.592. The molecule has 144 valence electrons. The molecular formula is C19H21NO7. The van der Waals surface area contributed by atoms with Crippen LogP contribution in [-0.4, -0.2) is 51.0 Å². The van der Waals surface area contributed by atoms with E-state index in [0.717, 1.165) is 0 Å². The van der Waals surface area contributed by atoms with Crippen molar-refractivity contribution in [2.75, 3.05) is 39.4 Å². The Bertz CT molecular complexity index is 774. The van der Waals surface area contributed by atoms with Crippen molar-refractivity contribution in [2.24, 2.45) is 0 Å². The number of aliphatic hydroxyl groups excluding tert-OH is 1. The Hall–Kier alpha value is -3.26. The molecule has 2 aromatic carbocycles. The topological polar surface area (TPSA) is 103 Å². The Kier molecular flexibility index (Phi) is 7.45. The van der Waals surface area contributed by atoms with Crippen LogP contribution in [0.2, 0.25) is 0 Å². The second kappa shape index (κ2) is 10.0. The van der Waals surface area contributed by atoms with Gasteiger partial charge in [0.25, 0.3) is 5.91 Å². The maximum atomic E-state index is 12.0. The molecular weight excluding hydrogens is 354 g/mol. The summed E-state index contributed by atoms with van der Waals surface area (Å²) in [4.78, 5) is 23.8. The Morgan fingerprint density at radius 3 is 2.37 bits per heavy atom. The molecule has 0 saturated carbocycles. The van der Waals surface area contributed by atoms with Gasteiger partial charge in [0.15, 0.2) is 18.1 Å². The Balaban J connectivity index is 1.95. The Labute approximate surface area is 156 Å². The minimum Gasteiger partial charge on any atom is -0.497 e. The normalized spacial score (nSPS) is 10.0. The number of esters is 1. The van der Waals surface area contributed by atoms with Gasteiger partial charge < -0.3 is 29.4 Å². The van der Waals surface area contributed by atoms with Gasteiger partial charge >= 0.3 is 5.97 Å². The van der Waals surface area contributed by atoms with Crippen LogP contribution < -0.4 is 19.5 Å². The molecule has 2 N–H and O–H groups in total. The number of carbonyl (C=O) groups is 2. The van der Waals surface area contributed by atoms with Crippen molar-refractivity contribution >= 4 is 17.6 Å². The summed E-state index contributed by atoms with van der Waals surface area (Å²) in [6.07, 6.45) is 0. The number of methoxy groups -OCH3 is 2. The van der Waals surface area contributed by atoms with Crippen LogP contribution in [0, 0.1) is 0 Å². The van der Waals surface area contributed by atoms with E-state index in [1.807, 2.05) is 0 Å². The van der Waals surface area contributed by atoms with Crippen molar-refractivity contribution in [3.8, 4) is 17.2 Å². The number of hydrogen-bond donors (Lipinski definition) is 2. The monoisotopic (exact) mass is 375 g/mol. The predicted octanol–water partition coefficient (Wildman–Crippen LogP) is 1.87. The number of nitrogens with one attached hydrogen (secondary N) is 1. The van der Waals surface area contributed by atoms with Gasteiger partial charge in [-0.25, -0.2) is 4.79 Å². The predicted molar refractivity (Wildman–Crippen MR) is 97.5 cm³/mol. The third-order valence-corrected chi connectivity index (χ3v) is 3.46. The number of ether oxygens (including phenoxy) is 4. The molecule has 0 heterocycles. The first kappa shape index (κ1) is 20.1. The van der Waals surface area contributed by atoms with Gasteiger partial charge in [0.2, 0.25) is 0 Å². The highest BCUT2D eigenvalue weighted by Crippen LogP contribution is 2.28. The fraction of sp³-hybridized carbons (Fsp3) is 0.263. The van der Waals surface area contributed by atoms with Gasteiger partial charge in [-0.2, -0.15) is 0 Å². The zero-order chi connectivity index (χ0) is 19.6. The lowest BCUT2D eigenvalue weighted by Gasteiger charge is -2.12. The van der Waals surface area contributed by atoms with Crippen LogP contribution >= 0.6 is 0 Å². The Morgan fingerprint density at radius 2 is 1.74 bits per heavy atom. The highest BCUT2D eigenvalue weighted by Gasteiger charge is 2.13. The first-order valence-electron chi connectivity index (χ1n) is 8.10. The van der Waals surface area contributed by atoms with Crippen LogP contribution in [0.1, 0.15) is 10.4 Å². The van der Waals surface area contributed by atoms with Crippen molar-refractivity contribution in [2.45, 2.75) is 0 Å². The van der Waals surface area contributed by atoms with E-state index in [2.05, 4.69) is 5.32 Å². The SMILES string of the molecule is COc1ccc(NC(=O)COc2ccc(C(=O)OCCO)cc2OC)cc1. The Morgan fingerprint density at radius 1 is 1.00 bits per heavy atom. The fourth-order valence-corrected chi connectivity index (χ4v) is 2.15. The maximum absolute atomic E-state index is 12.0. The van der Waals surface area contributed by atoms with Crippen LogP contribution in [0.3, 0.4) is 0 Å². The zero-order valence-corrected chi connectivity index (χ0v) is 15.1. The van der Waals surface area contributed by atoms with Crippen molar-refractivity contribution in [3.05, 3.63) is 48.0 Å². The van der Waals surface area contributed by atoms with Crippen molar-refractivity contribution < 1.29 is 33.6 Å². The molecule has 1 amide bonds. The second-order valence-corrected chi connectivity index (χ2v) is 5.29. The third-order valence-electron chi connectivity index (χ3n) is 3.46. The van der Waals surface area contributed by atoms with Crippen LogP contribution in [0.4, 0.5) is 5.69 Å². The molecule has 8 heteroatoms.